The number of hydrogen-bond acceptors (Lipinski definition) is 4. The van der Waals surface area contributed by atoms with E-state index in [4.69, 9.17) is 0 Å². The first-order valence-electron chi connectivity index (χ1n) is 8.35. The molecule has 6 nitrogen and oxygen atoms in total. The van der Waals surface area contributed by atoms with E-state index in [0.29, 0.717) is 5.56 Å². The van der Waals surface area contributed by atoms with Crippen molar-refractivity contribution in [1.29, 1.82) is 0 Å². The summed E-state index contributed by atoms with van der Waals surface area (Å²) < 4.78 is 64.4. The second-order valence-electron chi connectivity index (χ2n) is 6.27. The molecule has 0 atom stereocenters. The van der Waals surface area contributed by atoms with Crippen LogP contribution in [0.4, 0.5) is 13.2 Å². The van der Waals surface area contributed by atoms with Crippen molar-refractivity contribution in [1.82, 2.24) is 9.21 Å². The Morgan fingerprint density at radius 2 is 1.43 bits per heavy atom. The lowest BCUT2D eigenvalue weighted by molar-refractivity contribution is -0.137. The van der Waals surface area contributed by atoms with Crippen LogP contribution in [0.25, 0.3) is 0 Å². The molecule has 0 saturated carbocycles. The average Bonchev–Trinajstić information content (AvgIpc) is 2.67. The summed E-state index contributed by atoms with van der Waals surface area (Å²) in [7, 11) is -3.95. The first-order chi connectivity index (χ1) is 13.1. The van der Waals surface area contributed by atoms with E-state index < -0.39 is 21.8 Å². The zero-order chi connectivity index (χ0) is 20.5. The van der Waals surface area contributed by atoms with E-state index in [2.05, 4.69) is 0 Å². The van der Waals surface area contributed by atoms with Gasteiger partial charge < -0.3 is 10.0 Å². The number of rotatable bonds is 3. The molecule has 0 bridgehead atoms. The zero-order valence-electron chi connectivity index (χ0n) is 14.6. The van der Waals surface area contributed by atoms with Gasteiger partial charge in [-0.2, -0.15) is 17.5 Å². The minimum absolute atomic E-state index is 0.0315. The summed E-state index contributed by atoms with van der Waals surface area (Å²) in [6, 6.07) is 9.07. The van der Waals surface area contributed by atoms with Gasteiger partial charge in [0.15, 0.2) is 0 Å². The fraction of sp³-hybridized carbons (Fsp3) is 0.278. The molecule has 2 aromatic rings. The van der Waals surface area contributed by atoms with Gasteiger partial charge in [0.2, 0.25) is 10.0 Å². The van der Waals surface area contributed by atoms with E-state index in [1.807, 2.05) is 0 Å². The Morgan fingerprint density at radius 3 is 1.93 bits per heavy atom. The molecule has 1 aliphatic rings. The summed E-state index contributed by atoms with van der Waals surface area (Å²) in [4.78, 5) is 13.7. The maximum atomic E-state index is 12.6. The van der Waals surface area contributed by atoms with Gasteiger partial charge in [0.1, 0.15) is 5.75 Å². The smallest absolute Gasteiger partial charge is 0.416 e. The lowest BCUT2D eigenvalue weighted by Gasteiger charge is -2.34. The average molecular weight is 414 g/mol. The Morgan fingerprint density at radius 1 is 0.893 bits per heavy atom. The van der Waals surface area contributed by atoms with E-state index in [1.165, 1.54) is 29.2 Å². The van der Waals surface area contributed by atoms with Gasteiger partial charge in [-0.25, -0.2) is 8.42 Å². The van der Waals surface area contributed by atoms with Gasteiger partial charge in [-0.3, -0.25) is 4.79 Å². The van der Waals surface area contributed by atoms with Crippen LogP contribution >= 0.6 is 0 Å². The SMILES string of the molecule is O=C(c1ccc(O)cc1)N1CCN(S(=O)(=O)c2ccc(C(F)(F)F)cc2)CC1. The van der Waals surface area contributed by atoms with Crippen molar-refractivity contribution >= 4 is 15.9 Å². The number of carbonyl (C=O) groups excluding carboxylic acids is 1. The molecule has 150 valence electrons. The van der Waals surface area contributed by atoms with E-state index in [-0.39, 0.29) is 42.7 Å². The summed E-state index contributed by atoms with van der Waals surface area (Å²) in [6.45, 7) is 0.375. The Bertz CT molecular complexity index is 950. The van der Waals surface area contributed by atoms with Crippen LogP contribution in [-0.4, -0.2) is 54.8 Å². The maximum absolute atomic E-state index is 12.6. The first-order valence-corrected chi connectivity index (χ1v) is 9.79. The van der Waals surface area contributed by atoms with Crippen molar-refractivity contribution in [2.24, 2.45) is 0 Å². The molecule has 0 spiro atoms. The number of aromatic hydroxyl groups is 1. The molecule has 0 aliphatic carbocycles. The van der Waals surface area contributed by atoms with Crippen molar-refractivity contribution < 1.29 is 31.5 Å². The van der Waals surface area contributed by atoms with Crippen LogP contribution < -0.4 is 0 Å². The molecule has 1 heterocycles. The van der Waals surface area contributed by atoms with E-state index in [1.54, 1.807) is 0 Å². The summed E-state index contributed by atoms with van der Waals surface area (Å²) in [5, 5.41) is 9.28. The number of nitrogens with zero attached hydrogens (tertiary/aromatic N) is 2. The van der Waals surface area contributed by atoms with Crippen molar-refractivity contribution in [3.05, 3.63) is 59.7 Å². The summed E-state index contributed by atoms with van der Waals surface area (Å²) >= 11 is 0. The molecule has 1 fully saturated rings. The number of amides is 1. The zero-order valence-corrected chi connectivity index (χ0v) is 15.4. The Hall–Kier alpha value is -2.59. The molecule has 1 saturated heterocycles. The number of sulfonamides is 1. The highest BCUT2D eigenvalue weighted by Gasteiger charge is 2.33. The molecule has 0 aromatic heterocycles. The lowest BCUT2D eigenvalue weighted by atomic mass is 10.2. The number of carbonyl (C=O) groups is 1. The van der Waals surface area contributed by atoms with Crippen molar-refractivity contribution in [3.63, 3.8) is 0 Å². The van der Waals surface area contributed by atoms with Crippen LogP contribution in [0.1, 0.15) is 15.9 Å². The molecule has 10 heteroatoms. The predicted octanol–water partition coefficient (Wildman–Crippen LogP) is 2.56. The van der Waals surface area contributed by atoms with Crippen molar-refractivity contribution in [3.8, 4) is 5.75 Å². The molecule has 2 aromatic carbocycles. The molecule has 28 heavy (non-hydrogen) atoms. The van der Waals surface area contributed by atoms with Gasteiger partial charge in [0.25, 0.3) is 5.91 Å². The lowest BCUT2D eigenvalue weighted by Crippen LogP contribution is -2.50. The quantitative estimate of drug-likeness (QED) is 0.838. The molecule has 3 rings (SSSR count). The first kappa shape index (κ1) is 20.2. The molecule has 0 radical (unpaired) electrons. The minimum Gasteiger partial charge on any atom is -0.508 e. The van der Waals surface area contributed by atoms with Crippen LogP contribution in [0.5, 0.6) is 5.75 Å². The van der Waals surface area contributed by atoms with Crippen LogP contribution in [0.15, 0.2) is 53.4 Å². The van der Waals surface area contributed by atoms with Crippen molar-refractivity contribution in [2.75, 3.05) is 26.2 Å². The van der Waals surface area contributed by atoms with E-state index in [0.717, 1.165) is 28.6 Å². The second-order valence-corrected chi connectivity index (χ2v) is 8.20. The van der Waals surface area contributed by atoms with Gasteiger partial charge in [-0.15, -0.1) is 0 Å². The fourth-order valence-corrected chi connectivity index (χ4v) is 4.31. The highest BCUT2D eigenvalue weighted by molar-refractivity contribution is 7.89. The molecular formula is C18H17F3N2O4S. The number of piperazine rings is 1. The molecular weight excluding hydrogens is 397 g/mol. The molecule has 0 unspecified atom stereocenters. The maximum Gasteiger partial charge on any atom is 0.416 e. The number of alkyl halides is 3. The Balaban J connectivity index is 1.68. The highest BCUT2D eigenvalue weighted by atomic mass is 32.2. The summed E-state index contributed by atoms with van der Waals surface area (Å²) in [5.74, 6) is -0.254. The van der Waals surface area contributed by atoms with E-state index >= 15 is 0 Å². The molecule has 1 aliphatic heterocycles. The van der Waals surface area contributed by atoms with Gasteiger partial charge >= 0.3 is 6.18 Å². The minimum atomic E-state index is -4.54. The van der Waals surface area contributed by atoms with Crippen LogP contribution in [0.3, 0.4) is 0 Å². The summed E-state index contributed by atoms with van der Waals surface area (Å²) in [5.41, 5.74) is -0.549. The topological polar surface area (TPSA) is 77.9 Å². The third-order valence-electron chi connectivity index (χ3n) is 4.46. The third-order valence-corrected chi connectivity index (χ3v) is 6.37. The van der Waals surface area contributed by atoms with Crippen LogP contribution in [-0.2, 0) is 16.2 Å². The number of hydrogen-bond donors (Lipinski definition) is 1. The van der Waals surface area contributed by atoms with Crippen molar-refractivity contribution in [2.45, 2.75) is 11.1 Å². The second kappa shape index (κ2) is 7.44. The fourth-order valence-electron chi connectivity index (χ4n) is 2.88. The predicted molar refractivity (Wildman–Crippen MR) is 94.2 cm³/mol. The number of benzene rings is 2. The number of phenols is 1. The number of halogens is 3. The van der Waals surface area contributed by atoms with Crippen LogP contribution in [0, 0.1) is 0 Å². The van der Waals surface area contributed by atoms with Gasteiger partial charge in [0.05, 0.1) is 10.5 Å². The normalized spacial score (nSPS) is 16.2. The van der Waals surface area contributed by atoms with Crippen LogP contribution in [0.2, 0.25) is 0 Å². The molecule has 1 amide bonds. The highest BCUT2D eigenvalue weighted by Crippen LogP contribution is 2.30. The standard InChI is InChI=1S/C18H17F3N2O4S/c19-18(20,21)14-3-7-16(8-4-14)28(26,27)23-11-9-22(10-12-23)17(25)13-1-5-15(24)6-2-13/h1-8,24H,9-12H2. The van der Waals surface area contributed by atoms with Gasteiger partial charge in [0, 0.05) is 31.7 Å². The van der Waals surface area contributed by atoms with E-state index in [9.17, 15) is 31.5 Å². The third kappa shape index (κ3) is 4.12. The monoisotopic (exact) mass is 414 g/mol. The number of phenolic OH excluding ortho intramolecular Hbond substituents is 1. The Labute approximate surface area is 159 Å². The van der Waals surface area contributed by atoms with Gasteiger partial charge in [-0.05, 0) is 48.5 Å². The largest absolute Gasteiger partial charge is 0.508 e. The summed E-state index contributed by atoms with van der Waals surface area (Å²) in [6.07, 6.45) is -4.54. The Kier molecular flexibility index (Phi) is 5.35. The molecule has 1 N–H and O–H groups in total. The van der Waals surface area contributed by atoms with Gasteiger partial charge in [-0.1, -0.05) is 0 Å².